The van der Waals surface area contributed by atoms with Crippen LogP contribution in [0.4, 0.5) is 0 Å². The summed E-state index contributed by atoms with van der Waals surface area (Å²) in [5.74, 6) is 0.242. The molecule has 2 aromatic carbocycles. The second-order valence-electron chi connectivity index (χ2n) is 5.61. The molecule has 0 saturated heterocycles. The molecule has 0 unspecified atom stereocenters. The molecule has 0 bridgehead atoms. The molecule has 23 heavy (non-hydrogen) atoms. The fourth-order valence-electron chi connectivity index (χ4n) is 3.02. The number of aryl methyl sites for hydroxylation is 1. The second kappa shape index (κ2) is 5.39. The third-order valence-corrected chi connectivity index (χ3v) is 4.67. The number of nitrogens with zero attached hydrogens (tertiary/aromatic N) is 1. The highest BCUT2D eigenvalue weighted by molar-refractivity contribution is 9.10. The van der Waals surface area contributed by atoms with Gasteiger partial charge in [-0.1, -0.05) is 22.9 Å². The molecule has 2 N–H and O–H groups in total. The van der Waals surface area contributed by atoms with Crippen molar-refractivity contribution in [3.8, 4) is 17.0 Å². The fraction of sp³-hybridized carbons (Fsp3) is 0.105. The van der Waals surface area contributed by atoms with Crippen molar-refractivity contribution in [1.29, 1.82) is 0 Å². The maximum Gasteiger partial charge on any atom is 0.117 e. The van der Waals surface area contributed by atoms with Gasteiger partial charge in [0.1, 0.15) is 5.75 Å². The van der Waals surface area contributed by atoms with Crippen LogP contribution in [-0.2, 0) is 6.42 Å². The molecule has 0 aliphatic heterocycles. The molecule has 0 spiro atoms. The van der Waals surface area contributed by atoms with E-state index >= 15 is 0 Å². The van der Waals surface area contributed by atoms with E-state index in [2.05, 4.69) is 46.0 Å². The molecule has 0 aliphatic carbocycles. The van der Waals surface area contributed by atoms with Crippen LogP contribution in [0.1, 0.15) is 12.5 Å². The van der Waals surface area contributed by atoms with E-state index in [0.29, 0.717) is 0 Å². The lowest BCUT2D eigenvalue weighted by Gasteiger charge is -2.08. The Balaban J connectivity index is 2.02. The molecule has 4 heteroatoms. The number of fused-ring (bicyclic) bond motifs is 2. The Hall–Kier alpha value is -2.33. The number of hydrogen-bond donors (Lipinski definition) is 2. The Bertz CT molecular complexity index is 1040. The molecule has 2 aromatic heterocycles. The zero-order chi connectivity index (χ0) is 16.0. The lowest BCUT2D eigenvalue weighted by atomic mass is 10.0. The van der Waals surface area contributed by atoms with Crippen LogP contribution in [0.3, 0.4) is 0 Å². The number of pyridine rings is 1. The minimum atomic E-state index is 0.242. The average Bonchev–Trinajstić information content (AvgIpc) is 2.96. The summed E-state index contributed by atoms with van der Waals surface area (Å²) in [5.41, 5.74) is 5.13. The first-order valence-corrected chi connectivity index (χ1v) is 8.34. The van der Waals surface area contributed by atoms with Gasteiger partial charge in [-0.2, -0.15) is 0 Å². The lowest BCUT2D eigenvalue weighted by Crippen LogP contribution is -1.91. The molecule has 4 aromatic rings. The average molecular weight is 367 g/mol. The van der Waals surface area contributed by atoms with Crippen LogP contribution in [0.2, 0.25) is 0 Å². The van der Waals surface area contributed by atoms with Crippen LogP contribution in [0, 0.1) is 0 Å². The van der Waals surface area contributed by atoms with Gasteiger partial charge in [-0.3, -0.25) is 0 Å². The number of H-pyrrole nitrogens is 1. The van der Waals surface area contributed by atoms with Gasteiger partial charge in [-0.05, 0) is 48.4 Å². The fourth-order valence-corrected chi connectivity index (χ4v) is 3.39. The summed E-state index contributed by atoms with van der Waals surface area (Å²) in [5, 5.41) is 12.0. The smallest absolute Gasteiger partial charge is 0.117 e. The summed E-state index contributed by atoms with van der Waals surface area (Å²) in [7, 11) is 0. The quantitative estimate of drug-likeness (QED) is 0.497. The van der Waals surface area contributed by atoms with E-state index in [0.717, 1.165) is 44.0 Å². The normalized spacial score (nSPS) is 11.4. The molecule has 0 amide bonds. The summed E-state index contributed by atoms with van der Waals surface area (Å²) < 4.78 is 1.04. The number of hydrogen-bond acceptors (Lipinski definition) is 2. The summed E-state index contributed by atoms with van der Waals surface area (Å²) in [4.78, 5) is 8.07. The minimum absolute atomic E-state index is 0.242. The van der Waals surface area contributed by atoms with Crippen molar-refractivity contribution in [1.82, 2.24) is 9.97 Å². The van der Waals surface area contributed by atoms with Crippen molar-refractivity contribution in [3.05, 3.63) is 58.7 Å². The van der Waals surface area contributed by atoms with E-state index in [9.17, 15) is 5.11 Å². The molecule has 2 heterocycles. The van der Waals surface area contributed by atoms with Crippen LogP contribution in [0.25, 0.3) is 33.1 Å². The predicted octanol–water partition coefficient (Wildman–Crippen LogP) is 5.41. The van der Waals surface area contributed by atoms with Crippen LogP contribution >= 0.6 is 15.9 Å². The minimum Gasteiger partial charge on any atom is -0.508 e. The monoisotopic (exact) mass is 366 g/mol. The molecule has 0 fully saturated rings. The standard InChI is InChI=1S/C19H15BrN2O/c1-2-11-7-18(22-19-9-13(23)4-5-14(11)19)16-10-21-17-6-3-12(20)8-15(16)17/h3-10,21,23H,2H2,1H3. The Morgan fingerprint density at radius 2 is 1.96 bits per heavy atom. The third-order valence-electron chi connectivity index (χ3n) is 4.18. The Morgan fingerprint density at radius 3 is 2.78 bits per heavy atom. The molecular formula is C19H15BrN2O. The predicted molar refractivity (Wildman–Crippen MR) is 97.8 cm³/mol. The van der Waals surface area contributed by atoms with Crippen LogP contribution in [0.15, 0.2) is 53.1 Å². The highest BCUT2D eigenvalue weighted by Gasteiger charge is 2.11. The highest BCUT2D eigenvalue weighted by atomic mass is 79.9. The highest BCUT2D eigenvalue weighted by Crippen LogP contribution is 2.32. The van der Waals surface area contributed by atoms with Crippen LogP contribution < -0.4 is 0 Å². The van der Waals surface area contributed by atoms with Gasteiger partial charge in [0.15, 0.2) is 0 Å². The Kier molecular flexibility index (Phi) is 3.34. The first-order chi connectivity index (χ1) is 11.2. The van der Waals surface area contributed by atoms with Gasteiger partial charge in [-0.15, -0.1) is 0 Å². The van der Waals surface area contributed by atoms with Crippen LogP contribution in [0.5, 0.6) is 5.75 Å². The van der Waals surface area contributed by atoms with Crippen molar-refractivity contribution in [2.75, 3.05) is 0 Å². The summed E-state index contributed by atoms with van der Waals surface area (Å²) in [6, 6.07) is 13.7. The molecule has 4 rings (SSSR count). The van der Waals surface area contributed by atoms with Crippen LogP contribution in [-0.4, -0.2) is 15.1 Å². The lowest BCUT2D eigenvalue weighted by molar-refractivity contribution is 0.476. The number of rotatable bonds is 2. The summed E-state index contributed by atoms with van der Waals surface area (Å²) >= 11 is 3.53. The van der Waals surface area contributed by atoms with E-state index in [1.165, 1.54) is 5.56 Å². The van der Waals surface area contributed by atoms with Gasteiger partial charge in [0, 0.05) is 38.6 Å². The summed E-state index contributed by atoms with van der Waals surface area (Å²) in [6.07, 6.45) is 2.91. The number of aromatic amines is 1. The van der Waals surface area contributed by atoms with Crippen molar-refractivity contribution in [3.63, 3.8) is 0 Å². The number of aromatic hydroxyl groups is 1. The molecule has 0 atom stereocenters. The van der Waals surface area contributed by atoms with E-state index < -0.39 is 0 Å². The Morgan fingerprint density at radius 1 is 1.09 bits per heavy atom. The largest absolute Gasteiger partial charge is 0.508 e. The Labute approximate surface area is 142 Å². The van der Waals surface area contributed by atoms with Gasteiger partial charge in [-0.25, -0.2) is 4.98 Å². The maximum absolute atomic E-state index is 9.77. The van der Waals surface area contributed by atoms with Crippen molar-refractivity contribution in [2.24, 2.45) is 0 Å². The number of aromatic nitrogens is 2. The van der Waals surface area contributed by atoms with Gasteiger partial charge in [0.2, 0.25) is 0 Å². The molecule has 0 saturated carbocycles. The zero-order valence-corrected chi connectivity index (χ0v) is 14.2. The maximum atomic E-state index is 9.77. The van der Waals surface area contributed by atoms with E-state index in [1.54, 1.807) is 12.1 Å². The topological polar surface area (TPSA) is 48.9 Å². The van der Waals surface area contributed by atoms with Gasteiger partial charge >= 0.3 is 0 Å². The van der Waals surface area contributed by atoms with Gasteiger partial charge < -0.3 is 10.1 Å². The number of phenols is 1. The van der Waals surface area contributed by atoms with Crippen molar-refractivity contribution >= 4 is 37.7 Å². The zero-order valence-electron chi connectivity index (χ0n) is 12.6. The van der Waals surface area contributed by atoms with Gasteiger partial charge in [0.05, 0.1) is 11.2 Å². The number of benzene rings is 2. The number of halogens is 1. The molecule has 0 aliphatic rings. The van der Waals surface area contributed by atoms with Crippen molar-refractivity contribution < 1.29 is 5.11 Å². The third kappa shape index (κ3) is 2.39. The van der Waals surface area contributed by atoms with E-state index in [1.807, 2.05) is 18.3 Å². The summed E-state index contributed by atoms with van der Waals surface area (Å²) in [6.45, 7) is 2.14. The van der Waals surface area contributed by atoms with Crippen molar-refractivity contribution in [2.45, 2.75) is 13.3 Å². The second-order valence-corrected chi connectivity index (χ2v) is 6.53. The molecule has 0 radical (unpaired) electrons. The SMILES string of the molecule is CCc1cc(-c2c[nH]c3ccc(Br)cc23)nc2cc(O)ccc12. The first-order valence-electron chi connectivity index (χ1n) is 7.55. The first kappa shape index (κ1) is 14.3. The molecule has 3 nitrogen and oxygen atoms in total. The molecular weight excluding hydrogens is 352 g/mol. The van der Waals surface area contributed by atoms with E-state index in [-0.39, 0.29) is 5.75 Å². The van der Waals surface area contributed by atoms with Gasteiger partial charge in [0.25, 0.3) is 0 Å². The number of nitrogens with one attached hydrogen (secondary N) is 1. The molecule has 114 valence electrons. The van der Waals surface area contributed by atoms with E-state index in [4.69, 9.17) is 4.98 Å². The number of phenolic OH excluding ortho intramolecular Hbond substituents is 1.